The molecule has 102 valence electrons. The minimum Gasteiger partial charge on any atom is -0.372 e. The highest BCUT2D eigenvalue weighted by molar-refractivity contribution is 7.91. The van der Waals surface area contributed by atoms with Gasteiger partial charge in [0.1, 0.15) is 12.4 Å². The highest BCUT2D eigenvalue weighted by Gasteiger charge is 2.21. The molecule has 0 unspecified atom stereocenters. The van der Waals surface area contributed by atoms with Gasteiger partial charge in [-0.3, -0.25) is 0 Å². The number of imidazole rings is 1. The number of ether oxygens (including phenoxy) is 1. The van der Waals surface area contributed by atoms with E-state index in [1.54, 1.807) is 19.1 Å². The van der Waals surface area contributed by atoms with E-state index in [2.05, 4.69) is 4.98 Å². The second-order valence-electron chi connectivity index (χ2n) is 4.41. The predicted molar refractivity (Wildman–Crippen MR) is 72.1 cm³/mol. The zero-order valence-corrected chi connectivity index (χ0v) is 12.0. The Morgan fingerprint density at radius 1 is 1.47 bits per heavy atom. The first-order valence-corrected chi connectivity index (χ1v) is 8.05. The topological polar surface area (TPSA) is 61.2 Å². The summed E-state index contributed by atoms with van der Waals surface area (Å²) >= 11 is 6.11. The van der Waals surface area contributed by atoms with Crippen LogP contribution in [0.15, 0.2) is 17.0 Å². The van der Waals surface area contributed by atoms with Gasteiger partial charge in [0.15, 0.2) is 9.84 Å². The third kappa shape index (κ3) is 2.04. The van der Waals surface area contributed by atoms with Crippen LogP contribution in [-0.2, 0) is 27.7 Å². The molecule has 0 fully saturated rings. The summed E-state index contributed by atoms with van der Waals surface area (Å²) in [6.45, 7) is 3.39. The Morgan fingerprint density at radius 3 is 3.00 bits per heavy atom. The van der Waals surface area contributed by atoms with Gasteiger partial charge in [0.05, 0.1) is 33.3 Å². The molecular formula is C12H13ClN2O3S. The van der Waals surface area contributed by atoms with Gasteiger partial charge >= 0.3 is 0 Å². The Kier molecular flexibility index (Phi) is 3.03. The van der Waals surface area contributed by atoms with E-state index < -0.39 is 9.84 Å². The minimum atomic E-state index is -3.33. The molecule has 0 N–H and O–H groups in total. The quantitative estimate of drug-likeness (QED) is 0.851. The van der Waals surface area contributed by atoms with Crippen molar-refractivity contribution in [3.8, 4) is 0 Å². The number of aromatic nitrogens is 2. The van der Waals surface area contributed by atoms with Gasteiger partial charge in [0.2, 0.25) is 0 Å². The van der Waals surface area contributed by atoms with Crippen molar-refractivity contribution >= 4 is 32.5 Å². The van der Waals surface area contributed by atoms with Crippen molar-refractivity contribution in [2.45, 2.75) is 25.0 Å². The Bertz CT molecular complexity index is 752. The molecule has 0 bridgehead atoms. The van der Waals surface area contributed by atoms with Crippen molar-refractivity contribution in [2.24, 2.45) is 0 Å². The molecule has 7 heteroatoms. The third-order valence-corrected chi connectivity index (χ3v) is 5.48. The van der Waals surface area contributed by atoms with Crippen molar-refractivity contribution in [1.82, 2.24) is 9.55 Å². The molecule has 1 aliphatic heterocycles. The summed E-state index contributed by atoms with van der Waals surface area (Å²) in [4.78, 5) is 4.57. The van der Waals surface area contributed by atoms with Gasteiger partial charge in [-0.2, -0.15) is 0 Å². The summed E-state index contributed by atoms with van der Waals surface area (Å²) in [5.41, 5.74) is 1.51. The van der Waals surface area contributed by atoms with Gasteiger partial charge in [-0.15, -0.1) is 0 Å². The molecule has 2 aromatic rings. The smallest absolute Gasteiger partial charge is 0.179 e. The number of halogens is 1. The monoisotopic (exact) mass is 300 g/mol. The number of benzene rings is 1. The lowest BCUT2D eigenvalue weighted by molar-refractivity contribution is 0.0830. The van der Waals surface area contributed by atoms with Crippen LogP contribution in [0.5, 0.6) is 0 Å². The van der Waals surface area contributed by atoms with Crippen LogP contribution in [-0.4, -0.2) is 30.3 Å². The molecule has 0 saturated carbocycles. The summed E-state index contributed by atoms with van der Waals surface area (Å²) in [5, 5.41) is 0.253. The Hall–Kier alpha value is -1.11. The van der Waals surface area contributed by atoms with Crippen LogP contribution in [0.4, 0.5) is 0 Å². The number of nitrogens with zero attached hydrogens (tertiary/aromatic N) is 2. The lowest BCUT2D eigenvalue weighted by Crippen LogP contribution is -2.16. The normalized spacial score (nSPS) is 15.7. The molecular weight excluding hydrogens is 288 g/mol. The van der Waals surface area contributed by atoms with Crippen molar-refractivity contribution in [2.75, 3.05) is 12.4 Å². The fourth-order valence-electron chi connectivity index (χ4n) is 2.25. The summed E-state index contributed by atoms with van der Waals surface area (Å²) in [5.74, 6) is 0.831. The Labute approximate surface area is 116 Å². The van der Waals surface area contributed by atoms with Crippen molar-refractivity contribution in [3.05, 3.63) is 23.0 Å². The van der Waals surface area contributed by atoms with Crippen molar-refractivity contribution < 1.29 is 13.2 Å². The average molecular weight is 301 g/mol. The standard InChI is InChI=1S/C12H13ClN2O3S/c1-2-19(16,17)11-6-9-10(5-8(11)13)15-3-4-18-7-12(15)14-9/h5-6H,2-4,7H2,1H3. The van der Waals surface area contributed by atoms with Crippen LogP contribution in [0.2, 0.25) is 5.02 Å². The molecule has 3 rings (SSSR count). The number of sulfone groups is 1. The van der Waals surface area contributed by atoms with Gasteiger partial charge < -0.3 is 9.30 Å². The summed E-state index contributed by atoms with van der Waals surface area (Å²) in [7, 11) is -3.33. The van der Waals surface area contributed by atoms with Crippen LogP contribution in [0.1, 0.15) is 12.7 Å². The second-order valence-corrected chi connectivity index (χ2v) is 7.06. The van der Waals surface area contributed by atoms with Gasteiger partial charge in [-0.05, 0) is 12.1 Å². The van der Waals surface area contributed by atoms with Crippen LogP contribution in [0.25, 0.3) is 11.0 Å². The summed E-state index contributed by atoms with van der Waals surface area (Å²) < 4.78 is 31.3. The van der Waals surface area contributed by atoms with E-state index >= 15 is 0 Å². The van der Waals surface area contributed by atoms with Gasteiger partial charge in [-0.25, -0.2) is 13.4 Å². The molecule has 0 atom stereocenters. The molecule has 2 heterocycles. The minimum absolute atomic E-state index is 0.0227. The molecule has 0 amide bonds. The Balaban J connectivity index is 2.27. The van der Waals surface area contributed by atoms with Crippen molar-refractivity contribution in [1.29, 1.82) is 0 Å². The molecule has 0 saturated heterocycles. The summed E-state index contributed by atoms with van der Waals surface area (Å²) in [6.07, 6.45) is 0. The largest absolute Gasteiger partial charge is 0.372 e. The third-order valence-electron chi connectivity index (χ3n) is 3.29. The first-order valence-electron chi connectivity index (χ1n) is 6.02. The number of hydrogen-bond acceptors (Lipinski definition) is 4. The van der Waals surface area contributed by atoms with E-state index in [-0.39, 0.29) is 15.7 Å². The van der Waals surface area contributed by atoms with Crippen LogP contribution < -0.4 is 0 Å². The number of hydrogen-bond donors (Lipinski definition) is 0. The number of fused-ring (bicyclic) bond motifs is 3. The molecule has 1 aliphatic rings. The molecule has 19 heavy (non-hydrogen) atoms. The summed E-state index contributed by atoms with van der Waals surface area (Å²) in [6, 6.07) is 3.24. The number of rotatable bonds is 2. The van der Waals surface area contributed by atoms with Crippen LogP contribution in [0, 0.1) is 0 Å². The van der Waals surface area contributed by atoms with Crippen LogP contribution in [0.3, 0.4) is 0 Å². The first-order chi connectivity index (χ1) is 9.03. The molecule has 1 aromatic heterocycles. The van der Waals surface area contributed by atoms with Crippen LogP contribution >= 0.6 is 11.6 Å². The van der Waals surface area contributed by atoms with Crippen molar-refractivity contribution in [3.63, 3.8) is 0 Å². The van der Waals surface area contributed by atoms with E-state index in [4.69, 9.17) is 16.3 Å². The average Bonchev–Trinajstić information content (AvgIpc) is 2.75. The highest BCUT2D eigenvalue weighted by atomic mass is 35.5. The van der Waals surface area contributed by atoms with E-state index in [0.717, 1.165) is 11.3 Å². The first kappa shape index (κ1) is 12.9. The molecule has 0 spiro atoms. The molecule has 1 aromatic carbocycles. The van der Waals surface area contributed by atoms with Gasteiger partial charge in [-0.1, -0.05) is 18.5 Å². The lowest BCUT2D eigenvalue weighted by Gasteiger charge is -2.14. The molecule has 0 aliphatic carbocycles. The van der Waals surface area contributed by atoms with E-state index in [9.17, 15) is 8.42 Å². The maximum Gasteiger partial charge on any atom is 0.179 e. The zero-order chi connectivity index (χ0) is 13.6. The maximum atomic E-state index is 12.0. The van der Waals surface area contributed by atoms with E-state index in [1.165, 1.54) is 0 Å². The zero-order valence-electron chi connectivity index (χ0n) is 10.4. The second kappa shape index (κ2) is 4.47. The fraction of sp³-hybridized carbons (Fsp3) is 0.417. The van der Waals surface area contributed by atoms with Gasteiger partial charge in [0, 0.05) is 6.54 Å². The fourth-order valence-corrected chi connectivity index (χ4v) is 3.72. The lowest BCUT2D eigenvalue weighted by atomic mass is 10.3. The predicted octanol–water partition coefficient (Wildman–Crippen LogP) is 2.01. The molecule has 0 radical (unpaired) electrons. The maximum absolute atomic E-state index is 12.0. The molecule has 5 nitrogen and oxygen atoms in total. The Morgan fingerprint density at radius 2 is 2.26 bits per heavy atom. The van der Waals surface area contributed by atoms with E-state index in [1.807, 2.05) is 4.57 Å². The SMILES string of the molecule is CCS(=O)(=O)c1cc2nc3n(c2cc1Cl)CCOC3. The highest BCUT2D eigenvalue weighted by Crippen LogP contribution is 2.29. The van der Waals surface area contributed by atoms with Gasteiger partial charge in [0.25, 0.3) is 0 Å². The van der Waals surface area contributed by atoms with E-state index in [0.29, 0.717) is 25.3 Å².